The maximum Gasteiger partial charge on any atom is 0.328 e. The summed E-state index contributed by atoms with van der Waals surface area (Å²) in [5.41, 5.74) is 7.78. The first-order valence-corrected chi connectivity index (χ1v) is 23.4. The van der Waals surface area contributed by atoms with Gasteiger partial charge in [0.05, 0.1) is 18.8 Å². The molecule has 13 N–H and O–H groups in total. The summed E-state index contributed by atoms with van der Waals surface area (Å²) in [7, 11) is 0. The number of hydrogen-bond acceptors (Lipinski definition) is 13. The van der Waals surface area contributed by atoms with Crippen LogP contribution in [0.3, 0.4) is 0 Å². The first kappa shape index (κ1) is 55.1. The van der Waals surface area contributed by atoms with Crippen LogP contribution < -0.4 is 37.6 Å². The minimum Gasteiger partial charge on any atom is -0.508 e. The Labute approximate surface area is 415 Å². The van der Waals surface area contributed by atoms with Crippen LogP contribution in [0.4, 0.5) is 0 Å². The normalized spacial score (nSPS) is 16.5. The molecule has 1 heterocycles. The molecule has 0 radical (unpaired) electrons. The zero-order chi connectivity index (χ0) is 52.5. The fourth-order valence-corrected chi connectivity index (χ4v) is 8.12. The van der Waals surface area contributed by atoms with Gasteiger partial charge in [0.1, 0.15) is 47.8 Å². The molecule has 21 heteroatoms. The van der Waals surface area contributed by atoms with Gasteiger partial charge in [-0.3, -0.25) is 33.6 Å². The number of nitrogens with zero attached hydrogens (tertiary/aromatic N) is 1. The Morgan fingerprint density at radius 2 is 0.944 bits per heavy atom. The molecule has 0 aromatic heterocycles. The number of aliphatic carboxylic acids is 1. The molecule has 1 fully saturated rings. The topological polar surface area (TPSA) is 339 Å². The average molecular weight is 995 g/mol. The van der Waals surface area contributed by atoms with Gasteiger partial charge in [0.15, 0.2) is 6.04 Å². The Kier molecular flexibility index (Phi) is 20.2. The number of amides is 7. The molecule has 1 aliphatic rings. The largest absolute Gasteiger partial charge is 0.508 e. The first-order chi connectivity index (χ1) is 34.3. The number of nitrogens with two attached hydrogens (primary N) is 1. The molecule has 0 spiro atoms. The number of rotatable bonds is 24. The number of hydrogen-bond donors (Lipinski definition) is 12. The van der Waals surface area contributed by atoms with Gasteiger partial charge in [-0.2, -0.15) is 0 Å². The second kappa shape index (κ2) is 26.4. The molecule has 9 atom stereocenters. The first-order valence-electron chi connectivity index (χ1n) is 23.4. The smallest absolute Gasteiger partial charge is 0.328 e. The van der Waals surface area contributed by atoms with Crippen LogP contribution >= 0.6 is 0 Å². The Hall–Kier alpha value is -7.88. The van der Waals surface area contributed by atoms with Crippen LogP contribution in [0.25, 0.3) is 0 Å². The zero-order valence-corrected chi connectivity index (χ0v) is 39.8. The van der Waals surface area contributed by atoms with Crippen molar-refractivity contribution in [2.45, 2.75) is 107 Å². The lowest BCUT2D eigenvalue weighted by molar-refractivity contribution is -0.147. The van der Waals surface area contributed by atoms with E-state index in [1.165, 1.54) is 67.3 Å². The van der Waals surface area contributed by atoms with E-state index in [1.54, 1.807) is 60.7 Å². The fourth-order valence-electron chi connectivity index (χ4n) is 8.12. The second-order valence-electron chi connectivity index (χ2n) is 17.6. The number of carboxylic acid groups (broad SMARTS) is 1. The summed E-state index contributed by atoms with van der Waals surface area (Å²) in [4.78, 5) is 111. The molecule has 0 saturated carbocycles. The van der Waals surface area contributed by atoms with Gasteiger partial charge in [-0.15, -0.1) is 0 Å². The molecule has 9 unspecified atom stereocenters. The molecule has 1 saturated heterocycles. The summed E-state index contributed by atoms with van der Waals surface area (Å²) in [5, 5.41) is 65.9. The highest BCUT2D eigenvalue weighted by molar-refractivity contribution is 5.98. The van der Waals surface area contributed by atoms with Gasteiger partial charge in [0, 0.05) is 32.2 Å². The molecule has 384 valence electrons. The van der Waals surface area contributed by atoms with Crippen molar-refractivity contribution in [2.75, 3.05) is 13.1 Å². The third kappa shape index (κ3) is 16.1. The Morgan fingerprint density at radius 3 is 1.38 bits per heavy atom. The predicted molar refractivity (Wildman–Crippen MR) is 260 cm³/mol. The van der Waals surface area contributed by atoms with Gasteiger partial charge in [0.2, 0.25) is 41.4 Å². The average Bonchev–Trinajstić information content (AvgIpc) is 3.85. The van der Waals surface area contributed by atoms with Crippen molar-refractivity contribution in [2.24, 2.45) is 5.73 Å². The molecule has 1 aliphatic heterocycles. The van der Waals surface area contributed by atoms with Crippen molar-refractivity contribution in [1.29, 1.82) is 0 Å². The number of aliphatic hydroxyl groups is 2. The number of aliphatic hydroxyl groups excluding tert-OH is 2. The Morgan fingerprint density at radius 1 is 0.542 bits per heavy atom. The van der Waals surface area contributed by atoms with Gasteiger partial charge in [0.25, 0.3) is 0 Å². The third-order valence-corrected chi connectivity index (χ3v) is 12.0. The maximum atomic E-state index is 14.5. The van der Waals surface area contributed by atoms with Crippen molar-refractivity contribution >= 4 is 47.3 Å². The van der Waals surface area contributed by atoms with E-state index in [-0.39, 0.29) is 50.1 Å². The summed E-state index contributed by atoms with van der Waals surface area (Å²) in [6, 6.07) is 18.7. The Balaban J connectivity index is 1.42. The van der Waals surface area contributed by atoms with Crippen LogP contribution in [-0.4, -0.2) is 145 Å². The highest BCUT2D eigenvalue weighted by atomic mass is 16.4. The van der Waals surface area contributed by atoms with Gasteiger partial charge in [-0.1, -0.05) is 84.9 Å². The molecule has 7 amide bonds. The number of likely N-dealkylation sites (tertiary alicyclic amines) is 1. The summed E-state index contributed by atoms with van der Waals surface area (Å²) < 4.78 is 0. The van der Waals surface area contributed by atoms with Crippen LogP contribution in [0.5, 0.6) is 11.5 Å². The number of carbonyl (C=O) groups excluding carboxylic acids is 7. The molecule has 4 aromatic rings. The molecule has 21 nitrogen and oxygen atoms in total. The zero-order valence-electron chi connectivity index (χ0n) is 39.8. The SMILES string of the molecule is CC(O)C(NC(=O)C1CCCN1C(=O)C(Cc1ccc(O)cc1)NC(=O)C(NC(=O)C(Cc1ccc(O)cc1)NC(=O)C(Cc1ccccc1)NC(=O)C(Cc1ccccc1)NC(=O)CN)C(C)O)C(=O)O. The van der Waals surface area contributed by atoms with Gasteiger partial charge in [-0.25, -0.2) is 4.79 Å². The summed E-state index contributed by atoms with van der Waals surface area (Å²) in [6.45, 7) is 2.00. The molecule has 5 rings (SSSR count). The number of carbonyl (C=O) groups is 8. The number of nitrogens with one attached hydrogen (secondary N) is 6. The highest BCUT2D eigenvalue weighted by Gasteiger charge is 2.41. The van der Waals surface area contributed by atoms with Crippen molar-refractivity contribution in [3.63, 3.8) is 0 Å². The van der Waals surface area contributed by atoms with E-state index in [1.807, 2.05) is 0 Å². The van der Waals surface area contributed by atoms with Gasteiger partial charge < -0.3 is 68.1 Å². The van der Waals surface area contributed by atoms with E-state index in [0.717, 1.165) is 0 Å². The van der Waals surface area contributed by atoms with Gasteiger partial charge in [-0.05, 0) is 73.2 Å². The summed E-state index contributed by atoms with van der Waals surface area (Å²) in [6.07, 6.45) is -3.14. The van der Waals surface area contributed by atoms with E-state index < -0.39 is 108 Å². The van der Waals surface area contributed by atoms with E-state index in [2.05, 4.69) is 31.9 Å². The van der Waals surface area contributed by atoms with Crippen LogP contribution in [0.15, 0.2) is 109 Å². The van der Waals surface area contributed by atoms with E-state index in [0.29, 0.717) is 28.7 Å². The minimum absolute atomic E-state index is 0.0300. The van der Waals surface area contributed by atoms with Crippen molar-refractivity contribution < 1.29 is 63.9 Å². The number of phenolic OH excluding ortho intramolecular Hbond substituents is 2. The van der Waals surface area contributed by atoms with E-state index >= 15 is 0 Å². The third-order valence-electron chi connectivity index (χ3n) is 12.0. The quantitative estimate of drug-likeness (QED) is 0.0404. The molecular weight excluding hydrogens is 933 g/mol. The second-order valence-corrected chi connectivity index (χ2v) is 17.6. The lowest BCUT2D eigenvalue weighted by Crippen LogP contribution is -2.62. The lowest BCUT2D eigenvalue weighted by Gasteiger charge is -2.31. The maximum absolute atomic E-state index is 14.5. The molecule has 0 bridgehead atoms. The van der Waals surface area contributed by atoms with Crippen molar-refractivity contribution in [1.82, 2.24) is 36.8 Å². The van der Waals surface area contributed by atoms with E-state index in [9.17, 15) is 63.9 Å². The molecule has 0 aliphatic carbocycles. The van der Waals surface area contributed by atoms with Crippen LogP contribution in [-0.2, 0) is 64.0 Å². The minimum atomic E-state index is -1.78. The monoisotopic (exact) mass is 994 g/mol. The predicted octanol–water partition coefficient (Wildman–Crippen LogP) is -0.927. The molecule has 72 heavy (non-hydrogen) atoms. The number of benzene rings is 4. The lowest BCUT2D eigenvalue weighted by atomic mass is 10.0. The van der Waals surface area contributed by atoms with Gasteiger partial charge >= 0.3 is 5.97 Å². The summed E-state index contributed by atoms with van der Waals surface area (Å²) in [5.74, 6) is -7.54. The Bertz CT molecular complexity index is 2500. The van der Waals surface area contributed by atoms with Crippen molar-refractivity contribution in [3.8, 4) is 11.5 Å². The standard InChI is InChI=1S/C51H62N8O13/c1-29(60)43(49(69)56-40(27-34-17-21-36(63)22-18-34)50(70)59-23-9-14-41(59)48(68)58-44(30(2)61)51(71)72)57-47(67)39(26-33-15-19-35(62)20-16-33)55-46(66)38(25-32-12-7-4-8-13-32)54-45(65)37(53-42(64)28-52)24-31-10-5-3-6-11-31/h3-8,10-13,15-22,29-30,37-41,43-44,60-63H,9,14,23-28,52H2,1-2H3,(H,53,64)(H,54,65)(H,55,66)(H,56,69)(H,57,67)(H,58,68)(H,71,72). The molecular formula is C51H62N8O13. The fraction of sp³-hybridized carbons (Fsp3) is 0.373. The summed E-state index contributed by atoms with van der Waals surface area (Å²) >= 11 is 0. The van der Waals surface area contributed by atoms with Crippen LogP contribution in [0.2, 0.25) is 0 Å². The number of carboxylic acids is 1. The highest BCUT2D eigenvalue weighted by Crippen LogP contribution is 2.22. The van der Waals surface area contributed by atoms with Crippen LogP contribution in [0, 0.1) is 0 Å². The van der Waals surface area contributed by atoms with Crippen molar-refractivity contribution in [3.05, 3.63) is 131 Å². The molecule has 4 aromatic carbocycles. The van der Waals surface area contributed by atoms with Crippen LogP contribution in [0.1, 0.15) is 48.9 Å². The van der Waals surface area contributed by atoms with E-state index in [4.69, 9.17) is 5.73 Å². The number of aromatic hydroxyl groups is 2. The number of phenols is 2.